The first-order valence-electron chi connectivity index (χ1n) is 5.54. The molecule has 2 aliphatic rings. The van der Waals surface area contributed by atoms with Crippen LogP contribution in [0.4, 0.5) is 0 Å². The number of hydrogen-bond acceptors (Lipinski definition) is 2. The SMILES string of the molecule is O=C1CCOC2(CCc3ccccc32)C1. The number of aryl methyl sites for hydroxylation is 1. The third-order valence-corrected chi connectivity index (χ3v) is 3.55. The molecule has 2 heteroatoms. The predicted octanol–water partition coefficient (Wildman–Crippen LogP) is 2.21. The molecule has 1 atom stereocenters. The molecule has 0 N–H and O–H groups in total. The van der Waals surface area contributed by atoms with E-state index in [-0.39, 0.29) is 5.60 Å². The molecule has 1 aromatic rings. The molecule has 78 valence electrons. The first-order chi connectivity index (χ1) is 7.30. The van der Waals surface area contributed by atoms with Gasteiger partial charge < -0.3 is 4.74 Å². The summed E-state index contributed by atoms with van der Waals surface area (Å²) in [5.41, 5.74) is 2.33. The summed E-state index contributed by atoms with van der Waals surface area (Å²) in [5, 5.41) is 0. The Morgan fingerprint density at radius 2 is 2.07 bits per heavy atom. The first-order valence-corrected chi connectivity index (χ1v) is 5.54. The minimum Gasteiger partial charge on any atom is -0.369 e. The Hall–Kier alpha value is -1.15. The number of ketones is 1. The van der Waals surface area contributed by atoms with E-state index in [1.54, 1.807) is 0 Å². The van der Waals surface area contributed by atoms with E-state index in [2.05, 4.69) is 18.2 Å². The number of carbonyl (C=O) groups is 1. The Kier molecular flexibility index (Phi) is 1.93. The van der Waals surface area contributed by atoms with Gasteiger partial charge in [-0.05, 0) is 24.0 Å². The van der Waals surface area contributed by atoms with Crippen molar-refractivity contribution in [1.82, 2.24) is 0 Å². The van der Waals surface area contributed by atoms with Gasteiger partial charge in [0, 0.05) is 12.8 Å². The predicted molar refractivity (Wildman–Crippen MR) is 56.6 cm³/mol. The molecule has 0 amide bonds. The molecule has 15 heavy (non-hydrogen) atoms. The Morgan fingerprint density at radius 3 is 2.93 bits per heavy atom. The summed E-state index contributed by atoms with van der Waals surface area (Å²) >= 11 is 0. The van der Waals surface area contributed by atoms with Crippen molar-refractivity contribution in [2.45, 2.75) is 31.3 Å². The maximum Gasteiger partial charge on any atom is 0.138 e. The van der Waals surface area contributed by atoms with Crippen LogP contribution in [0.3, 0.4) is 0 Å². The van der Waals surface area contributed by atoms with Gasteiger partial charge in [-0.1, -0.05) is 24.3 Å². The fourth-order valence-electron chi connectivity index (χ4n) is 2.81. The molecule has 1 aliphatic carbocycles. The highest BCUT2D eigenvalue weighted by molar-refractivity contribution is 5.80. The van der Waals surface area contributed by atoms with Crippen LogP contribution in [0.25, 0.3) is 0 Å². The number of fused-ring (bicyclic) bond motifs is 2. The lowest BCUT2D eigenvalue weighted by Gasteiger charge is -2.33. The summed E-state index contributed by atoms with van der Waals surface area (Å²) in [4.78, 5) is 11.6. The van der Waals surface area contributed by atoms with E-state index < -0.39 is 0 Å². The van der Waals surface area contributed by atoms with Crippen LogP contribution in [0.5, 0.6) is 0 Å². The maximum absolute atomic E-state index is 11.6. The summed E-state index contributed by atoms with van der Waals surface area (Å²) < 4.78 is 5.90. The highest BCUT2D eigenvalue weighted by Crippen LogP contribution is 2.44. The molecule has 0 radical (unpaired) electrons. The highest BCUT2D eigenvalue weighted by Gasteiger charge is 2.43. The second kappa shape index (κ2) is 3.17. The summed E-state index contributed by atoms with van der Waals surface area (Å²) in [6, 6.07) is 8.35. The number of benzene rings is 1. The number of rotatable bonds is 0. The molecular weight excluding hydrogens is 188 g/mol. The van der Waals surface area contributed by atoms with Crippen LogP contribution in [0.1, 0.15) is 30.4 Å². The molecule has 1 aromatic carbocycles. The van der Waals surface area contributed by atoms with Gasteiger partial charge in [0.05, 0.1) is 6.61 Å². The van der Waals surface area contributed by atoms with E-state index in [9.17, 15) is 4.79 Å². The zero-order valence-electron chi connectivity index (χ0n) is 8.66. The van der Waals surface area contributed by atoms with E-state index in [0.717, 1.165) is 12.8 Å². The van der Waals surface area contributed by atoms with Crippen molar-refractivity contribution in [3.8, 4) is 0 Å². The third-order valence-electron chi connectivity index (χ3n) is 3.55. The van der Waals surface area contributed by atoms with Crippen molar-refractivity contribution in [3.05, 3.63) is 35.4 Å². The van der Waals surface area contributed by atoms with Crippen molar-refractivity contribution in [3.63, 3.8) is 0 Å². The van der Waals surface area contributed by atoms with Crippen LogP contribution in [0, 0.1) is 0 Å². The largest absolute Gasteiger partial charge is 0.369 e. The van der Waals surface area contributed by atoms with Gasteiger partial charge in [0.1, 0.15) is 11.4 Å². The third kappa shape index (κ3) is 1.32. The van der Waals surface area contributed by atoms with Crippen LogP contribution in [0.2, 0.25) is 0 Å². The van der Waals surface area contributed by atoms with E-state index in [4.69, 9.17) is 4.74 Å². The normalized spacial score (nSPS) is 29.5. The number of ether oxygens (including phenoxy) is 1. The molecule has 1 aliphatic heterocycles. The molecule has 2 nitrogen and oxygen atoms in total. The number of Topliss-reactive ketones (excluding diaryl/α,β-unsaturated/α-hetero) is 1. The summed E-state index contributed by atoms with van der Waals surface area (Å²) in [7, 11) is 0. The average Bonchev–Trinajstić information content (AvgIpc) is 2.59. The Bertz CT molecular complexity index is 407. The average molecular weight is 202 g/mol. The topological polar surface area (TPSA) is 26.3 Å². The van der Waals surface area contributed by atoms with Gasteiger partial charge in [0.2, 0.25) is 0 Å². The quantitative estimate of drug-likeness (QED) is 0.644. The first kappa shape index (κ1) is 9.10. The number of carbonyl (C=O) groups excluding carboxylic acids is 1. The van der Waals surface area contributed by atoms with Crippen LogP contribution >= 0.6 is 0 Å². The molecule has 1 saturated heterocycles. The highest BCUT2D eigenvalue weighted by atomic mass is 16.5. The molecule has 0 aromatic heterocycles. The molecule has 1 unspecified atom stereocenters. The minimum absolute atomic E-state index is 0.272. The smallest absolute Gasteiger partial charge is 0.138 e. The van der Waals surface area contributed by atoms with Gasteiger partial charge in [-0.15, -0.1) is 0 Å². The van der Waals surface area contributed by atoms with Crippen molar-refractivity contribution >= 4 is 5.78 Å². The zero-order chi connectivity index (χ0) is 10.3. The Labute approximate surface area is 89.2 Å². The Morgan fingerprint density at radius 1 is 1.20 bits per heavy atom. The van der Waals surface area contributed by atoms with Crippen molar-refractivity contribution in [2.75, 3.05) is 6.61 Å². The molecule has 1 spiro atoms. The van der Waals surface area contributed by atoms with Crippen LogP contribution in [-0.2, 0) is 21.6 Å². The zero-order valence-corrected chi connectivity index (χ0v) is 8.66. The van der Waals surface area contributed by atoms with E-state index in [1.807, 2.05) is 6.07 Å². The number of hydrogen-bond donors (Lipinski definition) is 0. The lowest BCUT2D eigenvalue weighted by atomic mass is 9.87. The fourth-order valence-corrected chi connectivity index (χ4v) is 2.81. The van der Waals surface area contributed by atoms with Crippen molar-refractivity contribution in [1.29, 1.82) is 0 Å². The molecule has 1 heterocycles. The summed E-state index contributed by atoms with van der Waals surface area (Å²) in [5.74, 6) is 0.345. The van der Waals surface area contributed by atoms with Crippen LogP contribution in [-0.4, -0.2) is 12.4 Å². The van der Waals surface area contributed by atoms with Crippen LogP contribution in [0.15, 0.2) is 24.3 Å². The lowest BCUT2D eigenvalue weighted by molar-refractivity contribution is -0.141. The molecule has 1 fully saturated rings. The van der Waals surface area contributed by atoms with Crippen LogP contribution < -0.4 is 0 Å². The van der Waals surface area contributed by atoms with Gasteiger partial charge in [0.15, 0.2) is 0 Å². The maximum atomic E-state index is 11.6. The van der Waals surface area contributed by atoms with E-state index in [0.29, 0.717) is 25.2 Å². The van der Waals surface area contributed by atoms with Gasteiger partial charge >= 0.3 is 0 Å². The van der Waals surface area contributed by atoms with Gasteiger partial charge in [-0.25, -0.2) is 0 Å². The van der Waals surface area contributed by atoms with Crippen molar-refractivity contribution < 1.29 is 9.53 Å². The molecule has 0 saturated carbocycles. The summed E-state index contributed by atoms with van der Waals surface area (Å²) in [6.07, 6.45) is 3.18. The summed E-state index contributed by atoms with van der Waals surface area (Å²) in [6.45, 7) is 0.590. The minimum atomic E-state index is -0.272. The fraction of sp³-hybridized carbons (Fsp3) is 0.462. The van der Waals surface area contributed by atoms with E-state index in [1.165, 1.54) is 11.1 Å². The second-order valence-corrected chi connectivity index (χ2v) is 4.47. The Balaban J connectivity index is 2.04. The monoisotopic (exact) mass is 202 g/mol. The second-order valence-electron chi connectivity index (χ2n) is 4.47. The van der Waals surface area contributed by atoms with Gasteiger partial charge in [-0.3, -0.25) is 4.79 Å². The molecule has 3 rings (SSSR count). The van der Waals surface area contributed by atoms with Gasteiger partial charge in [-0.2, -0.15) is 0 Å². The standard InChI is InChI=1S/C13H14O2/c14-11-6-8-15-13(9-11)7-5-10-3-1-2-4-12(10)13/h1-4H,5-9H2. The lowest BCUT2D eigenvalue weighted by Crippen LogP contribution is -2.35. The van der Waals surface area contributed by atoms with Gasteiger partial charge in [0.25, 0.3) is 0 Å². The van der Waals surface area contributed by atoms with Crippen molar-refractivity contribution in [2.24, 2.45) is 0 Å². The molecular formula is C13H14O2. The molecule has 0 bridgehead atoms. The van der Waals surface area contributed by atoms with E-state index >= 15 is 0 Å².